The van der Waals surface area contributed by atoms with Crippen molar-refractivity contribution in [2.45, 2.75) is 25.8 Å². The van der Waals surface area contributed by atoms with E-state index in [9.17, 15) is 17.2 Å². The maximum absolute atomic E-state index is 13.6. The van der Waals surface area contributed by atoms with Crippen molar-refractivity contribution in [2.75, 3.05) is 25.1 Å². The zero-order chi connectivity index (χ0) is 21.5. The molecule has 0 bridgehead atoms. The van der Waals surface area contributed by atoms with Crippen LogP contribution in [0.2, 0.25) is 0 Å². The molecule has 7 heteroatoms. The number of rotatable bonds is 6. The van der Waals surface area contributed by atoms with Gasteiger partial charge in [-0.25, -0.2) is 17.2 Å². The summed E-state index contributed by atoms with van der Waals surface area (Å²) in [6, 6.07) is 10.3. The normalized spacial score (nSPS) is 14.9. The fraction of sp³-hybridized carbons (Fsp3) is 0.391. The maximum Gasteiger partial charge on any atom is 0.159 e. The number of aryl methyl sites for hydroxylation is 1. The smallest absolute Gasteiger partial charge is 0.159 e. The van der Waals surface area contributed by atoms with Gasteiger partial charge in [-0.2, -0.15) is 0 Å². The predicted octanol–water partition coefficient (Wildman–Crippen LogP) is 3.84. The lowest BCUT2D eigenvalue weighted by Gasteiger charge is -2.27. The molecule has 0 spiro atoms. The van der Waals surface area contributed by atoms with Crippen LogP contribution in [0.1, 0.15) is 28.8 Å². The molecule has 0 amide bonds. The molecule has 4 nitrogen and oxygen atoms in total. The Hall–Kier alpha value is -2.25. The number of sulfone groups is 1. The summed E-state index contributed by atoms with van der Waals surface area (Å²) in [5.74, 6) is -1.44. The fourth-order valence-corrected chi connectivity index (χ4v) is 5.07. The topological polar surface area (TPSA) is 42.3 Å². The summed E-state index contributed by atoms with van der Waals surface area (Å²) in [6.07, 6.45) is 3.38. The molecule has 0 unspecified atom stereocenters. The number of hydrogen-bond donors (Lipinski definition) is 0. The van der Waals surface area contributed by atoms with Gasteiger partial charge >= 0.3 is 0 Å². The number of benzene rings is 2. The number of hydrogen-bond acceptors (Lipinski definition) is 3. The molecule has 0 N–H and O–H groups in total. The average Bonchev–Trinajstić information content (AvgIpc) is 2.95. The molecule has 1 aliphatic heterocycles. The van der Waals surface area contributed by atoms with Crippen molar-refractivity contribution in [3.8, 4) is 0 Å². The Morgan fingerprint density at radius 2 is 1.77 bits per heavy atom. The molecule has 160 valence electrons. The Labute approximate surface area is 176 Å². The van der Waals surface area contributed by atoms with E-state index in [1.54, 1.807) is 6.07 Å². The van der Waals surface area contributed by atoms with Gasteiger partial charge in [-0.05, 0) is 60.3 Å². The quantitative estimate of drug-likeness (QED) is 0.594. The minimum Gasteiger partial charge on any atom is -0.347 e. The first-order valence-corrected chi connectivity index (χ1v) is 12.2. The zero-order valence-electron chi connectivity index (χ0n) is 17.3. The summed E-state index contributed by atoms with van der Waals surface area (Å²) in [5, 5.41) is 1.18. The first-order chi connectivity index (χ1) is 14.2. The predicted molar refractivity (Wildman–Crippen MR) is 115 cm³/mol. The molecule has 1 aromatic heterocycles. The molecule has 0 aliphatic carbocycles. The van der Waals surface area contributed by atoms with Gasteiger partial charge < -0.3 is 4.57 Å². The minimum absolute atomic E-state index is 0.213. The van der Waals surface area contributed by atoms with Crippen LogP contribution in [0, 0.1) is 11.6 Å². The first-order valence-electron chi connectivity index (χ1n) is 10.1. The SMILES string of the molecule is Cn1c2c(c3cc(Cc4ccc(F)c(F)c4)ccc31)CN(CCCS(C)(=O)=O)CC2. The van der Waals surface area contributed by atoms with Gasteiger partial charge in [-0.1, -0.05) is 12.1 Å². The van der Waals surface area contributed by atoms with Crippen LogP contribution in [0.4, 0.5) is 8.78 Å². The van der Waals surface area contributed by atoms with Gasteiger partial charge in [0, 0.05) is 49.4 Å². The lowest BCUT2D eigenvalue weighted by atomic mass is 10.00. The monoisotopic (exact) mass is 432 g/mol. The first kappa shape index (κ1) is 21.0. The van der Waals surface area contributed by atoms with Gasteiger partial charge in [-0.3, -0.25) is 4.90 Å². The van der Waals surface area contributed by atoms with Crippen molar-refractivity contribution >= 4 is 20.7 Å². The molecule has 0 radical (unpaired) electrons. The highest BCUT2D eigenvalue weighted by Gasteiger charge is 2.23. The highest BCUT2D eigenvalue weighted by Crippen LogP contribution is 2.31. The number of aromatic nitrogens is 1. The second-order valence-corrected chi connectivity index (χ2v) is 10.5. The zero-order valence-corrected chi connectivity index (χ0v) is 18.1. The van der Waals surface area contributed by atoms with Gasteiger partial charge in [0.25, 0.3) is 0 Å². The molecule has 2 heterocycles. The van der Waals surface area contributed by atoms with E-state index >= 15 is 0 Å². The van der Waals surface area contributed by atoms with E-state index in [0.717, 1.165) is 42.7 Å². The summed E-state index contributed by atoms with van der Waals surface area (Å²) >= 11 is 0. The van der Waals surface area contributed by atoms with E-state index in [1.807, 2.05) is 6.07 Å². The Morgan fingerprint density at radius 3 is 2.50 bits per heavy atom. The molecule has 0 atom stereocenters. The van der Waals surface area contributed by atoms with Crippen molar-refractivity contribution < 1.29 is 17.2 Å². The average molecular weight is 433 g/mol. The largest absolute Gasteiger partial charge is 0.347 e. The van der Waals surface area contributed by atoms with Crippen LogP contribution in [0.25, 0.3) is 10.9 Å². The van der Waals surface area contributed by atoms with E-state index in [0.29, 0.717) is 12.8 Å². The van der Waals surface area contributed by atoms with Gasteiger partial charge in [0.05, 0.1) is 5.75 Å². The van der Waals surface area contributed by atoms with Crippen molar-refractivity contribution in [1.82, 2.24) is 9.47 Å². The minimum atomic E-state index is -2.94. The summed E-state index contributed by atoms with van der Waals surface area (Å²) in [7, 11) is -0.859. The van der Waals surface area contributed by atoms with Crippen molar-refractivity contribution in [1.29, 1.82) is 0 Å². The summed E-state index contributed by atoms with van der Waals surface area (Å²) in [5.41, 5.74) is 5.54. The third-order valence-corrected chi connectivity index (χ3v) is 6.96. The van der Waals surface area contributed by atoms with Crippen molar-refractivity contribution in [3.05, 3.63) is 70.4 Å². The van der Waals surface area contributed by atoms with Gasteiger partial charge in [0.1, 0.15) is 9.84 Å². The van der Waals surface area contributed by atoms with Crippen LogP contribution in [0.15, 0.2) is 36.4 Å². The van der Waals surface area contributed by atoms with Gasteiger partial charge in [0.15, 0.2) is 11.6 Å². The second kappa shape index (κ2) is 8.12. The summed E-state index contributed by atoms with van der Waals surface area (Å²) < 4.78 is 51.8. The number of halogens is 2. The van der Waals surface area contributed by atoms with E-state index in [-0.39, 0.29) is 5.75 Å². The second-order valence-electron chi connectivity index (χ2n) is 8.27. The van der Waals surface area contributed by atoms with E-state index in [2.05, 4.69) is 28.6 Å². The third-order valence-electron chi connectivity index (χ3n) is 5.93. The molecule has 0 saturated carbocycles. The fourth-order valence-electron chi connectivity index (χ4n) is 4.42. The molecule has 0 fully saturated rings. The molecular weight excluding hydrogens is 406 g/mol. The standard InChI is InChI=1S/C23H26F2N2O2S/c1-26-22-7-5-16(12-17-4-6-20(24)21(25)14-17)13-18(22)19-15-27(10-8-23(19)26)9-3-11-30(2,28)29/h4-7,13-14H,3,8-12,15H2,1-2H3. The Bertz CT molecular complexity index is 1200. The summed E-state index contributed by atoms with van der Waals surface area (Å²) in [6.45, 7) is 2.48. The van der Waals surface area contributed by atoms with E-state index < -0.39 is 21.5 Å². The number of nitrogens with zero attached hydrogens (tertiary/aromatic N) is 2. The number of fused-ring (bicyclic) bond motifs is 3. The lowest BCUT2D eigenvalue weighted by Crippen LogP contribution is -2.32. The molecule has 0 saturated heterocycles. The van der Waals surface area contributed by atoms with Crippen molar-refractivity contribution in [2.24, 2.45) is 7.05 Å². The van der Waals surface area contributed by atoms with Crippen LogP contribution >= 0.6 is 0 Å². The van der Waals surface area contributed by atoms with Crippen LogP contribution in [-0.4, -0.2) is 43.0 Å². The highest BCUT2D eigenvalue weighted by molar-refractivity contribution is 7.90. The Kier molecular flexibility index (Phi) is 5.68. The lowest BCUT2D eigenvalue weighted by molar-refractivity contribution is 0.253. The molecule has 1 aliphatic rings. The van der Waals surface area contributed by atoms with Gasteiger partial charge in [0.2, 0.25) is 0 Å². The van der Waals surface area contributed by atoms with Crippen LogP contribution < -0.4 is 0 Å². The molecule has 2 aromatic carbocycles. The molecule has 3 aromatic rings. The Morgan fingerprint density at radius 1 is 1.03 bits per heavy atom. The van der Waals surface area contributed by atoms with E-state index in [4.69, 9.17) is 0 Å². The molecular formula is C23H26F2N2O2S. The van der Waals surface area contributed by atoms with Crippen LogP contribution in [0.3, 0.4) is 0 Å². The highest BCUT2D eigenvalue weighted by atomic mass is 32.2. The molecule has 4 rings (SSSR count). The van der Waals surface area contributed by atoms with Gasteiger partial charge in [-0.15, -0.1) is 0 Å². The maximum atomic E-state index is 13.6. The summed E-state index contributed by atoms with van der Waals surface area (Å²) in [4.78, 5) is 2.31. The van der Waals surface area contributed by atoms with Crippen molar-refractivity contribution in [3.63, 3.8) is 0 Å². The third kappa shape index (κ3) is 4.42. The Balaban J connectivity index is 1.58. The molecule has 30 heavy (non-hydrogen) atoms. The van der Waals surface area contributed by atoms with Crippen LogP contribution in [-0.2, 0) is 36.3 Å². The van der Waals surface area contributed by atoms with E-state index in [1.165, 1.54) is 35.0 Å². The van der Waals surface area contributed by atoms with Crippen LogP contribution in [0.5, 0.6) is 0 Å².